The summed E-state index contributed by atoms with van der Waals surface area (Å²) in [4.78, 5) is 19.6. The third-order valence-electron chi connectivity index (χ3n) is 0.656. The van der Waals surface area contributed by atoms with Crippen molar-refractivity contribution in [1.82, 2.24) is 0 Å². The Balaban J connectivity index is -0.0000000376. The van der Waals surface area contributed by atoms with Crippen LogP contribution in [0.5, 0.6) is 0 Å². The van der Waals surface area contributed by atoms with Gasteiger partial charge in [0.15, 0.2) is 0 Å². The van der Waals surface area contributed by atoms with Crippen molar-refractivity contribution in [3.63, 3.8) is 0 Å². The van der Waals surface area contributed by atoms with Gasteiger partial charge in [-0.2, -0.15) is 38.2 Å². The summed E-state index contributed by atoms with van der Waals surface area (Å²) in [5, 5.41) is 15.5. The Morgan fingerprint density at radius 3 is 1.05 bits per heavy atom. The number of Topliss-reactive ketones (excluding diaryl/α,β-unsaturated/α-hetero) is 2. The molecule has 0 aliphatic heterocycles. The van der Waals surface area contributed by atoms with Gasteiger partial charge in [0.2, 0.25) is 0 Å². The SMILES string of the molecule is CC(=O)CC#N.CC(=O)CC#N.CCN.C[CH-]C.C[CH-]C.[Ti+2]. The molecule has 0 radical (unpaired) electrons. The van der Waals surface area contributed by atoms with Gasteiger partial charge >= 0.3 is 21.7 Å². The smallest absolute Gasteiger partial charge is 0.335 e. The van der Waals surface area contributed by atoms with Crippen LogP contribution < -0.4 is 5.73 Å². The number of nitrogens with zero attached hydrogens (tertiary/aromatic N) is 2. The Morgan fingerprint density at radius 1 is 0.909 bits per heavy atom. The minimum absolute atomic E-state index is 0. The standard InChI is InChI=1S/2C4H5NO.2C3H7.C2H7N.Ti/c2*1-4(6)2-3-5;2*1-3-2;1-2-3;/h2*2H2,1H3;2*3H,1-2H3;2-3H2,1H3;/q;;2*-1;;+2. The van der Waals surface area contributed by atoms with Gasteiger partial charge in [0.1, 0.15) is 11.6 Å². The van der Waals surface area contributed by atoms with E-state index in [1.165, 1.54) is 13.8 Å². The van der Waals surface area contributed by atoms with E-state index in [0.29, 0.717) is 0 Å². The van der Waals surface area contributed by atoms with Crippen LogP contribution in [0, 0.1) is 35.5 Å². The molecule has 22 heavy (non-hydrogen) atoms. The monoisotopic (exact) mass is 345 g/mol. The van der Waals surface area contributed by atoms with Gasteiger partial charge in [-0.05, 0) is 20.4 Å². The molecule has 126 valence electrons. The molecule has 0 aliphatic rings. The van der Waals surface area contributed by atoms with Crippen LogP contribution in [0.25, 0.3) is 0 Å². The van der Waals surface area contributed by atoms with E-state index in [1.807, 2.05) is 47.5 Å². The Labute approximate surface area is 152 Å². The van der Waals surface area contributed by atoms with Gasteiger partial charge in [-0.3, -0.25) is 9.59 Å². The molecule has 0 amide bonds. The van der Waals surface area contributed by atoms with Gasteiger partial charge in [-0.25, -0.2) is 0 Å². The number of nitriles is 2. The molecule has 0 bridgehead atoms. The summed E-state index contributed by atoms with van der Waals surface area (Å²) in [5.74, 6) is -0.144. The zero-order valence-electron chi connectivity index (χ0n) is 15.1. The normalized spacial score (nSPS) is 6.09. The van der Waals surface area contributed by atoms with E-state index in [4.69, 9.17) is 16.3 Å². The fraction of sp³-hybridized carbons (Fsp3) is 0.625. The molecule has 0 heterocycles. The molecule has 0 aromatic carbocycles. The minimum Gasteiger partial charge on any atom is -0.335 e. The summed E-state index contributed by atoms with van der Waals surface area (Å²) in [6, 6.07) is 3.44. The molecule has 0 unspecified atom stereocenters. The molecule has 0 saturated carbocycles. The maximum atomic E-state index is 9.82. The van der Waals surface area contributed by atoms with Crippen LogP contribution in [0.1, 0.15) is 61.3 Å². The third-order valence-corrected chi connectivity index (χ3v) is 0.656. The van der Waals surface area contributed by atoms with Crippen molar-refractivity contribution in [1.29, 1.82) is 10.5 Å². The summed E-state index contributed by atoms with van der Waals surface area (Å²) in [5.41, 5.74) is 4.85. The molecule has 0 spiro atoms. The minimum atomic E-state index is -0.0718. The number of rotatable bonds is 2. The molecule has 5 nitrogen and oxygen atoms in total. The zero-order valence-corrected chi connectivity index (χ0v) is 16.6. The predicted molar refractivity (Wildman–Crippen MR) is 87.8 cm³/mol. The number of carbonyl (C=O) groups is 2. The molecular weight excluding hydrogens is 314 g/mol. The van der Waals surface area contributed by atoms with E-state index < -0.39 is 0 Å². The van der Waals surface area contributed by atoms with Crippen LogP contribution in [-0.4, -0.2) is 18.1 Å². The molecule has 0 saturated heterocycles. The number of nitrogens with two attached hydrogens (primary N) is 1. The third kappa shape index (κ3) is 247. The first-order valence-corrected chi connectivity index (χ1v) is 6.69. The van der Waals surface area contributed by atoms with Crippen LogP contribution >= 0.6 is 0 Å². The summed E-state index contributed by atoms with van der Waals surface area (Å²) in [6.07, 6.45) is 4.08. The van der Waals surface area contributed by atoms with Crippen molar-refractivity contribution >= 4 is 11.6 Å². The predicted octanol–water partition coefficient (Wildman–Crippen LogP) is 3.40. The molecule has 0 atom stereocenters. The van der Waals surface area contributed by atoms with Crippen molar-refractivity contribution in [3.8, 4) is 12.1 Å². The van der Waals surface area contributed by atoms with Crippen molar-refractivity contribution in [2.45, 2.75) is 61.3 Å². The van der Waals surface area contributed by atoms with Gasteiger partial charge in [0, 0.05) is 0 Å². The van der Waals surface area contributed by atoms with Gasteiger partial charge in [-0.1, -0.05) is 6.92 Å². The van der Waals surface area contributed by atoms with Gasteiger partial charge in [-0.15, -0.1) is 0 Å². The van der Waals surface area contributed by atoms with E-state index in [9.17, 15) is 9.59 Å². The first kappa shape index (κ1) is 37.3. The molecule has 0 aliphatic carbocycles. The van der Waals surface area contributed by atoms with Crippen molar-refractivity contribution in [2.75, 3.05) is 6.54 Å². The number of ketones is 2. The summed E-state index contributed by atoms with van der Waals surface area (Å²) in [7, 11) is 0. The van der Waals surface area contributed by atoms with E-state index >= 15 is 0 Å². The van der Waals surface area contributed by atoms with Crippen LogP contribution in [0.3, 0.4) is 0 Å². The number of hydrogen-bond acceptors (Lipinski definition) is 5. The Hall–Kier alpha value is -1.01. The maximum Gasteiger partial charge on any atom is 2.00 e. The van der Waals surface area contributed by atoms with Crippen LogP contribution in [0.4, 0.5) is 0 Å². The first-order chi connectivity index (χ1) is 9.78. The number of carbonyl (C=O) groups excluding carboxylic acids is 2. The second kappa shape index (κ2) is 50.1. The second-order valence-electron chi connectivity index (χ2n) is 3.64. The van der Waals surface area contributed by atoms with Gasteiger partial charge in [0.05, 0.1) is 25.0 Å². The average molecular weight is 345 g/mol. The van der Waals surface area contributed by atoms with Gasteiger partial charge in [0.25, 0.3) is 0 Å². The van der Waals surface area contributed by atoms with E-state index in [0.717, 1.165) is 6.54 Å². The summed E-state index contributed by atoms with van der Waals surface area (Å²) in [6.45, 7) is 13.4. The Morgan fingerprint density at radius 2 is 1.05 bits per heavy atom. The van der Waals surface area contributed by atoms with Crippen LogP contribution in [0.15, 0.2) is 0 Å². The average Bonchev–Trinajstić information content (AvgIpc) is 2.32. The van der Waals surface area contributed by atoms with Crippen LogP contribution in [0.2, 0.25) is 0 Å². The molecule has 0 aromatic rings. The van der Waals surface area contributed by atoms with E-state index in [-0.39, 0.29) is 46.1 Å². The maximum absolute atomic E-state index is 9.82. The molecule has 6 heteroatoms. The Kier molecular flexibility index (Phi) is 85.1. The summed E-state index contributed by atoms with van der Waals surface area (Å²) >= 11 is 0. The second-order valence-corrected chi connectivity index (χ2v) is 3.64. The topological polar surface area (TPSA) is 108 Å². The van der Waals surface area contributed by atoms with Crippen molar-refractivity contribution in [2.24, 2.45) is 5.73 Å². The molecule has 0 aromatic heterocycles. The van der Waals surface area contributed by atoms with Crippen LogP contribution in [-0.2, 0) is 31.3 Å². The molecule has 0 fully saturated rings. The zero-order chi connectivity index (χ0) is 18.1. The molecule has 2 N–H and O–H groups in total. The van der Waals surface area contributed by atoms with Crippen molar-refractivity contribution < 1.29 is 31.3 Å². The Bertz CT molecular complexity index is 251. The van der Waals surface area contributed by atoms with E-state index in [2.05, 4.69) is 0 Å². The quantitative estimate of drug-likeness (QED) is 0.609. The van der Waals surface area contributed by atoms with Gasteiger partial charge < -0.3 is 18.6 Å². The summed E-state index contributed by atoms with van der Waals surface area (Å²) < 4.78 is 0. The van der Waals surface area contributed by atoms with Crippen molar-refractivity contribution in [3.05, 3.63) is 12.8 Å². The fourth-order valence-electron chi connectivity index (χ4n) is 0.223. The first-order valence-electron chi connectivity index (χ1n) is 6.69. The molecule has 0 rings (SSSR count). The number of hydrogen-bond donors (Lipinski definition) is 1. The largest absolute Gasteiger partial charge is 2.00 e. The van der Waals surface area contributed by atoms with E-state index in [1.54, 1.807) is 12.1 Å². The fourth-order valence-corrected chi connectivity index (χ4v) is 0.223. The molecular formula is C16H31N3O2Ti.